The van der Waals surface area contributed by atoms with Gasteiger partial charge in [-0.2, -0.15) is 0 Å². The zero-order chi connectivity index (χ0) is 14.9. The van der Waals surface area contributed by atoms with Crippen LogP contribution in [0.3, 0.4) is 0 Å². The fraction of sp³-hybridized carbons (Fsp3) is 0.308. The van der Waals surface area contributed by atoms with Gasteiger partial charge in [0.25, 0.3) is 6.43 Å². The van der Waals surface area contributed by atoms with Crippen LogP contribution in [0.2, 0.25) is 0 Å². The Kier molecular flexibility index (Phi) is 4.80. The van der Waals surface area contributed by atoms with Crippen molar-refractivity contribution in [1.29, 1.82) is 0 Å². The summed E-state index contributed by atoms with van der Waals surface area (Å²) >= 11 is 6.76. The van der Waals surface area contributed by atoms with E-state index >= 15 is 0 Å². The molecular formula is C13H12Br2F2N2O. The summed E-state index contributed by atoms with van der Waals surface area (Å²) in [5.41, 5.74) is 0.754. The van der Waals surface area contributed by atoms with Crippen LogP contribution in [0, 0.1) is 0 Å². The number of pyridine rings is 1. The van der Waals surface area contributed by atoms with Crippen molar-refractivity contribution in [2.45, 2.75) is 13.3 Å². The molecule has 1 aromatic heterocycles. The van der Waals surface area contributed by atoms with Crippen LogP contribution in [-0.2, 0) is 0 Å². The van der Waals surface area contributed by atoms with Gasteiger partial charge in [0.15, 0.2) is 0 Å². The molecule has 1 N–H and O–H groups in total. The molecule has 108 valence electrons. The SMILES string of the molecule is CCNc1cc(C(F)F)nc2c(Br)cc(Br)c(OC)c12. The second-order valence-corrected chi connectivity index (χ2v) is 5.73. The van der Waals surface area contributed by atoms with Crippen molar-refractivity contribution in [1.82, 2.24) is 4.98 Å². The van der Waals surface area contributed by atoms with Crippen molar-refractivity contribution in [2.24, 2.45) is 0 Å². The van der Waals surface area contributed by atoms with Gasteiger partial charge in [0.05, 0.1) is 22.5 Å². The third-order valence-corrected chi connectivity index (χ3v) is 3.95. The number of anilines is 1. The molecule has 0 saturated heterocycles. The molecule has 0 aliphatic carbocycles. The van der Waals surface area contributed by atoms with Gasteiger partial charge in [-0.15, -0.1) is 0 Å². The lowest BCUT2D eigenvalue weighted by atomic mass is 10.1. The first-order chi connectivity index (χ1) is 9.49. The first-order valence-electron chi connectivity index (χ1n) is 5.88. The second-order valence-electron chi connectivity index (χ2n) is 4.02. The molecule has 0 amide bonds. The summed E-state index contributed by atoms with van der Waals surface area (Å²) in [5, 5.41) is 3.75. The molecule has 3 nitrogen and oxygen atoms in total. The number of methoxy groups -OCH3 is 1. The summed E-state index contributed by atoms with van der Waals surface area (Å²) in [4.78, 5) is 4.03. The van der Waals surface area contributed by atoms with Gasteiger partial charge in [-0.1, -0.05) is 0 Å². The summed E-state index contributed by atoms with van der Waals surface area (Å²) < 4.78 is 32.6. The lowest BCUT2D eigenvalue weighted by Crippen LogP contribution is -2.03. The Morgan fingerprint density at radius 2 is 2.00 bits per heavy atom. The minimum atomic E-state index is -2.63. The maximum Gasteiger partial charge on any atom is 0.280 e. The largest absolute Gasteiger partial charge is 0.495 e. The van der Waals surface area contributed by atoms with E-state index in [1.807, 2.05) is 6.92 Å². The van der Waals surface area contributed by atoms with Crippen LogP contribution < -0.4 is 10.1 Å². The van der Waals surface area contributed by atoms with E-state index in [0.717, 1.165) is 4.47 Å². The third-order valence-electron chi connectivity index (χ3n) is 2.76. The maximum atomic E-state index is 13.0. The van der Waals surface area contributed by atoms with Crippen LogP contribution in [0.15, 0.2) is 21.1 Å². The summed E-state index contributed by atoms with van der Waals surface area (Å²) in [6.07, 6.45) is -2.63. The molecule has 0 bridgehead atoms. The molecule has 0 fully saturated rings. The van der Waals surface area contributed by atoms with Crippen LogP contribution in [0.5, 0.6) is 5.75 Å². The Morgan fingerprint density at radius 3 is 2.55 bits per heavy atom. The molecule has 2 rings (SSSR count). The lowest BCUT2D eigenvalue weighted by Gasteiger charge is -2.15. The molecule has 7 heteroatoms. The van der Waals surface area contributed by atoms with Crippen molar-refractivity contribution in [3.63, 3.8) is 0 Å². The smallest absolute Gasteiger partial charge is 0.280 e. The highest BCUT2D eigenvalue weighted by molar-refractivity contribution is 9.11. The summed E-state index contributed by atoms with van der Waals surface area (Å²) in [6, 6.07) is 3.09. The Morgan fingerprint density at radius 1 is 1.30 bits per heavy atom. The summed E-state index contributed by atoms with van der Waals surface area (Å²) in [6.45, 7) is 2.50. The average molecular weight is 410 g/mol. The maximum absolute atomic E-state index is 13.0. The third kappa shape index (κ3) is 2.74. The van der Waals surface area contributed by atoms with Crippen LogP contribution in [0.1, 0.15) is 19.0 Å². The van der Waals surface area contributed by atoms with Gasteiger partial charge < -0.3 is 10.1 Å². The quantitative estimate of drug-likeness (QED) is 0.759. The van der Waals surface area contributed by atoms with E-state index in [4.69, 9.17) is 4.74 Å². The Labute approximate surface area is 132 Å². The molecule has 20 heavy (non-hydrogen) atoms. The number of nitrogens with zero attached hydrogens (tertiary/aromatic N) is 1. The fourth-order valence-corrected chi connectivity index (χ4v) is 3.39. The van der Waals surface area contributed by atoms with E-state index in [1.54, 1.807) is 6.07 Å². The van der Waals surface area contributed by atoms with E-state index in [-0.39, 0.29) is 5.69 Å². The van der Waals surface area contributed by atoms with Crippen molar-refractivity contribution in [3.8, 4) is 5.75 Å². The monoisotopic (exact) mass is 408 g/mol. The molecule has 2 aromatic rings. The Hall–Kier alpha value is -0.950. The molecule has 0 atom stereocenters. The van der Waals surface area contributed by atoms with Crippen molar-refractivity contribution < 1.29 is 13.5 Å². The molecule has 1 heterocycles. The van der Waals surface area contributed by atoms with Gasteiger partial charge in [0.2, 0.25) is 0 Å². The number of halogens is 4. The number of hydrogen-bond donors (Lipinski definition) is 1. The molecule has 1 aromatic carbocycles. The molecule has 0 aliphatic heterocycles. The first kappa shape index (κ1) is 15.4. The summed E-state index contributed by atoms with van der Waals surface area (Å²) in [5.74, 6) is 0.562. The minimum absolute atomic E-state index is 0.265. The van der Waals surface area contributed by atoms with Gasteiger partial charge in [-0.3, -0.25) is 0 Å². The predicted molar refractivity (Wildman–Crippen MR) is 82.8 cm³/mol. The predicted octanol–water partition coefficient (Wildman–Crippen LogP) is 5.14. The van der Waals surface area contributed by atoms with Gasteiger partial charge in [-0.25, -0.2) is 13.8 Å². The number of alkyl halides is 2. The zero-order valence-corrected chi connectivity index (χ0v) is 14.0. The van der Waals surface area contributed by atoms with E-state index in [1.165, 1.54) is 13.2 Å². The Bertz CT molecular complexity index is 650. The number of hydrogen-bond acceptors (Lipinski definition) is 3. The second kappa shape index (κ2) is 6.22. The number of aromatic nitrogens is 1. The van der Waals surface area contributed by atoms with E-state index in [2.05, 4.69) is 42.2 Å². The zero-order valence-electron chi connectivity index (χ0n) is 10.8. The molecule has 0 aliphatic rings. The molecule has 0 spiro atoms. The van der Waals surface area contributed by atoms with Gasteiger partial charge >= 0.3 is 0 Å². The van der Waals surface area contributed by atoms with Crippen molar-refractivity contribution in [3.05, 3.63) is 26.8 Å². The van der Waals surface area contributed by atoms with E-state index in [0.29, 0.717) is 33.4 Å². The van der Waals surface area contributed by atoms with Crippen LogP contribution in [-0.4, -0.2) is 18.6 Å². The highest BCUT2D eigenvalue weighted by atomic mass is 79.9. The topological polar surface area (TPSA) is 34.2 Å². The molecular weight excluding hydrogens is 398 g/mol. The number of benzene rings is 1. The van der Waals surface area contributed by atoms with Crippen LogP contribution in [0.25, 0.3) is 10.9 Å². The van der Waals surface area contributed by atoms with Crippen molar-refractivity contribution in [2.75, 3.05) is 19.0 Å². The molecule has 0 saturated carbocycles. The first-order valence-corrected chi connectivity index (χ1v) is 7.46. The van der Waals surface area contributed by atoms with Gasteiger partial charge in [-0.05, 0) is 50.9 Å². The summed E-state index contributed by atoms with van der Waals surface area (Å²) in [7, 11) is 1.53. The van der Waals surface area contributed by atoms with E-state index < -0.39 is 6.43 Å². The number of nitrogens with one attached hydrogen (secondary N) is 1. The fourth-order valence-electron chi connectivity index (χ4n) is 1.97. The lowest BCUT2D eigenvalue weighted by molar-refractivity contribution is 0.146. The minimum Gasteiger partial charge on any atom is -0.495 e. The highest BCUT2D eigenvalue weighted by Gasteiger charge is 2.19. The number of rotatable bonds is 4. The normalized spacial score (nSPS) is 11.2. The van der Waals surface area contributed by atoms with Crippen LogP contribution >= 0.6 is 31.9 Å². The number of fused-ring (bicyclic) bond motifs is 1. The van der Waals surface area contributed by atoms with Gasteiger partial charge in [0, 0.05) is 16.7 Å². The molecule has 0 unspecified atom stereocenters. The van der Waals surface area contributed by atoms with E-state index in [9.17, 15) is 8.78 Å². The average Bonchev–Trinajstić information content (AvgIpc) is 2.39. The molecule has 0 radical (unpaired) electrons. The number of ether oxygens (including phenoxy) is 1. The van der Waals surface area contributed by atoms with Crippen molar-refractivity contribution >= 4 is 48.5 Å². The Balaban J connectivity index is 2.88. The van der Waals surface area contributed by atoms with Crippen LogP contribution in [0.4, 0.5) is 14.5 Å². The van der Waals surface area contributed by atoms with Gasteiger partial charge in [0.1, 0.15) is 11.4 Å². The standard InChI is InChI=1S/C13H12Br2F2N2O/c1-3-18-8-5-9(13(16)17)19-11-6(14)4-7(15)12(20-2)10(8)11/h4-5,13H,3H2,1-2H3,(H,18,19). The highest BCUT2D eigenvalue weighted by Crippen LogP contribution is 2.42.